The van der Waals surface area contributed by atoms with Crippen molar-refractivity contribution in [3.05, 3.63) is 27.2 Å². The van der Waals surface area contributed by atoms with Crippen LogP contribution in [0.5, 0.6) is 0 Å². The van der Waals surface area contributed by atoms with E-state index in [2.05, 4.69) is 33.5 Å². The lowest BCUT2D eigenvalue weighted by Gasteiger charge is -2.12. The Balaban J connectivity index is 2.62. The van der Waals surface area contributed by atoms with Gasteiger partial charge in [-0.2, -0.15) is 0 Å². The van der Waals surface area contributed by atoms with Gasteiger partial charge in [-0.05, 0) is 59.2 Å². The number of aryl methyl sites for hydroxylation is 1. The predicted molar refractivity (Wildman–Crippen MR) is 83.0 cm³/mol. The summed E-state index contributed by atoms with van der Waals surface area (Å²) in [6.45, 7) is 5.00. The summed E-state index contributed by atoms with van der Waals surface area (Å²) in [6, 6.07) is 3.84. The van der Waals surface area contributed by atoms with Crippen LogP contribution in [0.3, 0.4) is 0 Å². The minimum Gasteiger partial charge on any atom is -0.362 e. The Morgan fingerprint density at radius 3 is 2.82 bits per heavy atom. The molecule has 0 heterocycles. The molecule has 94 valence electrons. The maximum atomic E-state index is 6.07. The molecule has 0 saturated carbocycles. The molecule has 5 heteroatoms. The van der Waals surface area contributed by atoms with Crippen LogP contribution in [0.25, 0.3) is 0 Å². The third kappa shape index (κ3) is 4.82. The fourth-order valence-electron chi connectivity index (χ4n) is 1.29. The molecule has 17 heavy (non-hydrogen) atoms. The van der Waals surface area contributed by atoms with Crippen LogP contribution in [-0.2, 0) is 0 Å². The van der Waals surface area contributed by atoms with Crippen molar-refractivity contribution in [1.82, 2.24) is 5.32 Å². The summed E-state index contributed by atoms with van der Waals surface area (Å²) in [7, 11) is 0. The molecule has 2 nitrogen and oxygen atoms in total. The summed E-state index contributed by atoms with van der Waals surface area (Å²) in [6.07, 6.45) is 2.26. The van der Waals surface area contributed by atoms with Gasteiger partial charge in [0.05, 0.1) is 5.69 Å². The van der Waals surface area contributed by atoms with Gasteiger partial charge in [0.1, 0.15) is 0 Å². The first-order valence-corrected chi connectivity index (χ1v) is 7.13. The molecule has 0 atom stereocenters. The molecule has 0 unspecified atom stereocenters. The van der Waals surface area contributed by atoms with Crippen LogP contribution in [0.15, 0.2) is 16.6 Å². The van der Waals surface area contributed by atoms with E-state index < -0.39 is 0 Å². The average Bonchev–Trinajstić information content (AvgIpc) is 2.26. The number of nitrogens with one attached hydrogen (secondary N) is 2. The Labute approximate surface area is 121 Å². The van der Waals surface area contributed by atoms with Gasteiger partial charge in [0, 0.05) is 16.0 Å². The van der Waals surface area contributed by atoms with E-state index in [-0.39, 0.29) is 0 Å². The minimum absolute atomic E-state index is 0.624. The van der Waals surface area contributed by atoms with Crippen molar-refractivity contribution in [3.8, 4) is 0 Å². The number of hydrogen-bond donors (Lipinski definition) is 2. The quantitative estimate of drug-likeness (QED) is 0.626. The van der Waals surface area contributed by atoms with Crippen molar-refractivity contribution >= 4 is 50.5 Å². The summed E-state index contributed by atoms with van der Waals surface area (Å²) < 4.78 is 0.957. The highest BCUT2D eigenvalue weighted by atomic mass is 79.9. The lowest BCUT2D eigenvalue weighted by Crippen LogP contribution is -2.29. The molecule has 0 spiro atoms. The molecule has 0 amide bonds. The highest BCUT2D eigenvalue weighted by Crippen LogP contribution is 2.29. The van der Waals surface area contributed by atoms with Crippen molar-refractivity contribution < 1.29 is 0 Å². The first-order chi connectivity index (χ1) is 8.04. The first-order valence-electron chi connectivity index (χ1n) is 5.55. The van der Waals surface area contributed by atoms with Gasteiger partial charge in [-0.15, -0.1) is 0 Å². The molecule has 1 aromatic rings. The lowest BCUT2D eigenvalue weighted by molar-refractivity contribution is 0.758. The van der Waals surface area contributed by atoms with Gasteiger partial charge in [-0.25, -0.2) is 0 Å². The molecule has 0 bridgehead atoms. The predicted octanol–water partition coefficient (Wildman–Crippen LogP) is 4.50. The van der Waals surface area contributed by atoms with Crippen LogP contribution in [0, 0.1) is 6.92 Å². The fraction of sp³-hybridized carbons (Fsp3) is 0.417. The zero-order valence-corrected chi connectivity index (χ0v) is 13.1. The Morgan fingerprint density at radius 1 is 1.47 bits per heavy atom. The molecule has 0 aliphatic rings. The molecule has 1 rings (SSSR count). The number of unbranched alkanes of at least 4 members (excludes halogenated alkanes) is 1. The van der Waals surface area contributed by atoms with E-state index in [1.165, 1.54) is 0 Å². The summed E-state index contributed by atoms with van der Waals surface area (Å²) in [5.74, 6) is 0. The van der Waals surface area contributed by atoms with E-state index in [1.807, 2.05) is 19.1 Å². The molecule has 0 aliphatic carbocycles. The molecular formula is C12H16BrClN2S. The second kappa shape index (κ2) is 7.19. The van der Waals surface area contributed by atoms with Crippen molar-refractivity contribution in [1.29, 1.82) is 0 Å². The molecule has 2 N–H and O–H groups in total. The summed E-state index contributed by atoms with van der Waals surface area (Å²) in [4.78, 5) is 0. The summed E-state index contributed by atoms with van der Waals surface area (Å²) >= 11 is 14.8. The van der Waals surface area contributed by atoms with E-state index in [1.54, 1.807) is 0 Å². The van der Waals surface area contributed by atoms with Gasteiger partial charge in [-0.1, -0.05) is 24.9 Å². The van der Waals surface area contributed by atoms with Crippen LogP contribution in [0.1, 0.15) is 25.3 Å². The Hall–Kier alpha value is -0.320. The zero-order chi connectivity index (χ0) is 12.8. The highest BCUT2D eigenvalue weighted by molar-refractivity contribution is 9.10. The molecular weight excluding hydrogens is 320 g/mol. The van der Waals surface area contributed by atoms with E-state index in [4.69, 9.17) is 23.8 Å². The standard InChI is InChI=1S/C12H16BrClN2S/c1-3-4-5-15-12(17)16-11-7-10(14)8(2)6-9(11)13/h6-7H,3-5H2,1-2H3,(H2,15,16,17). The van der Waals surface area contributed by atoms with Gasteiger partial charge in [-0.3, -0.25) is 0 Å². The number of thiocarbonyl (C=S) groups is 1. The first kappa shape index (κ1) is 14.7. The molecule has 0 aliphatic heterocycles. The number of rotatable bonds is 4. The largest absolute Gasteiger partial charge is 0.362 e. The van der Waals surface area contributed by atoms with Crippen molar-refractivity contribution in [3.63, 3.8) is 0 Å². The van der Waals surface area contributed by atoms with E-state index >= 15 is 0 Å². The molecule has 0 radical (unpaired) electrons. The minimum atomic E-state index is 0.624. The fourth-order valence-corrected chi connectivity index (χ4v) is 2.22. The maximum absolute atomic E-state index is 6.07. The van der Waals surface area contributed by atoms with Crippen LogP contribution in [-0.4, -0.2) is 11.7 Å². The lowest BCUT2D eigenvalue weighted by atomic mass is 10.2. The number of hydrogen-bond acceptors (Lipinski definition) is 1. The highest BCUT2D eigenvalue weighted by Gasteiger charge is 2.05. The molecule has 0 aromatic heterocycles. The third-order valence-electron chi connectivity index (χ3n) is 2.31. The average molecular weight is 336 g/mol. The zero-order valence-electron chi connectivity index (χ0n) is 9.94. The topological polar surface area (TPSA) is 24.1 Å². The third-order valence-corrected chi connectivity index (χ3v) is 3.62. The smallest absolute Gasteiger partial charge is 0.170 e. The Morgan fingerprint density at radius 2 is 2.18 bits per heavy atom. The second-order valence-corrected chi connectivity index (χ2v) is 5.49. The van der Waals surface area contributed by atoms with E-state index in [0.717, 1.165) is 40.1 Å². The normalized spacial score (nSPS) is 10.1. The second-order valence-electron chi connectivity index (χ2n) is 3.82. The van der Waals surface area contributed by atoms with Gasteiger partial charge in [0.15, 0.2) is 5.11 Å². The van der Waals surface area contributed by atoms with Crippen molar-refractivity contribution in [2.45, 2.75) is 26.7 Å². The molecule has 0 saturated heterocycles. The van der Waals surface area contributed by atoms with Crippen molar-refractivity contribution in [2.24, 2.45) is 0 Å². The van der Waals surface area contributed by atoms with E-state index in [0.29, 0.717) is 5.11 Å². The van der Waals surface area contributed by atoms with Crippen LogP contribution >= 0.6 is 39.7 Å². The monoisotopic (exact) mass is 334 g/mol. The van der Waals surface area contributed by atoms with Crippen LogP contribution in [0.2, 0.25) is 5.02 Å². The SMILES string of the molecule is CCCCNC(=S)Nc1cc(Cl)c(C)cc1Br. The number of halogens is 2. The Kier molecular flexibility index (Phi) is 6.23. The summed E-state index contributed by atoms with van der Waals surface area (Å²) in [5.41, 5.74) is 1.92. The van der Waals surface area contributed by atoms with Gasteiger partial charge in [0.25, 0.3) is 0 Å². The number of benzene rings is 1. The van der Waals surface area contributed by atoms with Crippen LogP contribution in [0.4, 0.5) is 5.69 Å². The number of anilines is 1. The van der Waals surface area contributed by atoms with Gasteiger partial charge >= 0.3 is 0 Å². The van der Waals surface area contributed by atoms with Gasteiger partial charge < -0.3 is 10.6 Å². The van der Waals surface area contributed by atoms with Gasteiger partial charge in [0.2, 0.25) is 0 Å². The molecule has 1 aromatic carbocycles. The van der Waals surface area contributed by atoms with Crippen molar-refractivity contribution in [2.75, 3.05) is 11.9 Å². The molecule has 0 fully saturated rings. The van der Waals surface area contributed by atoms with E-state index in [9.17, 15) is 0 Å². The Bertz CT molecular complexity index is 410. The van der Waals surface area contributed by atoms with Crippen LogP contribution < -0.4 is 10.6 Å². The summed E-state index contributed by atoms with van der Waals surface area (Å²) in [5, 5.41) is 7.63. The maximum Gasteiger partial charge on any atom is 0.170 e.